The van der Waals surface area contributed by atoms with Crippen LogP contribution in [0.2, 0.25) is 0 Å². The van der Waals surface area contributed by atoms with Gasteiger partial charge in [0.25, 0.3) is 5.97 Å². The summed E-state index contributed by atoms with van der Waals surface area (Å²) in [5, 5.41) is 24.3. The zero-order valence-electron chi connectivity index (χ0n) is 17.5. The normalized spacial score (nSPS) is 20.8. The van der Waals surface area contributed by atoms with Gasteiger partial charge in [0.05, 0.1) is 23.0 Å². The molecule has 0 unspecified atom stereocenters. The Kier molecular flexibility index (Phi) is 8.32. The number of piperidine rings is 1. The third-order valence-electron chi connectivity index (χ3n) is 4.97. The number of amides is 1. The summed E-state index contributed by atoms with van der Waals surface area (Å²) < 4.78 is 23.1. The number of benzene rings is 2. The van der Waals surface area contributed by atoms with E-state index in [1.54, 1.807) is 12.1 Å². The standard InChI is InChI=1S/C20H24N2O4S.C2H4O2/c1-27(25,26)17-9-7-15(8-10-17)13-19(24)22-20(11-12-21-14-18(20)23)16-5-3-2-4-6-16;1-2(3)4/h2-10,18,21,23H,11-14H2,1H3,(H,22,24);1H3,(H,3,4)/t18-,20-;/m1./s1. The third kappa shape index (κ3) is 6.88. The molecule has 0 radical (unpaired) electrons. The molecule has 0 aromatic heterocycles. The maximum Gasteiger partial charge on any atom is 0.300 e. The predicted molar refractivity (Wildman–Crippen MR) is 116 cm³/mol. The molecule has 0 saturated carbocycles. The minimum atomic E-state index is -3.26. The second-order valence-electron chi connectivity index (χ2n) is 7.47. The molecular weight excluding hydrogens is 420 g/mol. The van der Waals surface area contributed by atoms with Gasteiger partial charge in [-0.25, -0.2) is 8.42 Å². The highest BCUT2D eigenvalue weighted by Crippen LogP contribution is 2.31. The van der Waals surface area contributed by atoms with Crippen LogP contribution in [0.5, 0.6) is 0 Å². The summed E-state index contributed by atoms with van der Waals surface area (Å²) in [6.07, 6.45) is 1.09. The summed E-state index contributed by atoms with van der Waals surface area (Å²) in [6, 6.07) is 15.8. The number of aliphatic carboxylic acids is 1. The van der Waals surface area contributed by atoms with Crippen LogP contribution in [0.3, 0.4) is 0 Å². The summed E-state index contributed by atoms with van der Waals surface area (Å²) in [7, 11) is -3.26. The monoisotopic (exact) mass is 448 g/mol. The van der Waals surface area contributed by atoms with Crippen molar-refractivity contribution < 1.29 is 28.2 Å². The molecule has 1 fully saturated rings. The van der Waals surface area contributed by atoms with Crippen molar-refractivity contribution in [3.8, 4) is 0 Å². The van der Waals surface area contributed by atoms with E-state index >= 15 is 0 Å². The minimum absolute atomic E-state index is 0.110. The van der Waals surface area contributed by atoms with Crippen molar-refractivity contribution in [1.82, 2.24) is 10.6 Å². The van der Waals surface area contributed by atoms with Crippen LogP contribution in [-0.2, 0) is 31.4 Å². The van der Waals surface area contributed by atoms with Gasteiger partial charge < -0.3 is 20.8 Å². The van der Waals surface area contributed by atoms with Crippen molar-refractivity contribution in [2.45, 2.75) is 36.3 Å². The smallest absolute Gasteiger partial charge is 0.300 e. The molecule has 0 spiro atoms. The molecule has 4 N–H and O–H groups in total. The molecule has 8 nitrogen and oxygen atoms in total. The summed E-state index contributed by atoms with van der Waals surface area (Å²) in [4.78, 5) is 21.9. The largest absolute Gasteiger partial charge is 0.481 e. The SMILES string of the molecule is CC(=O)O.CS(=O)(=O)c1ccc(CC(=O)N[C@@]2(c3ccccc3)CCNC[C@H]2O)cc1. The molecule has 1 aliphatic rings. The molecule has 168 valence electrons. The zero-order valence-corrected chi connectivity index (χ0v) is 18.4. The van der Waals surface area contributed by atoms with E-state index in [0.717, 1.165) is 18.7 Å². The average molecular weight is 449 g/mol. The minimum Gasteiger partial charge on any atom is -0.481 e. The highest BCUT2D eigenvalue weighted by atomic mass is 32.2. The van der Waals surface area contributed by atoms with Crippen molar-refractivity contribution in [3.63, 3.8) is 0 Å². The molecule has 3 rings (SSSR count). The van der Waals surface area contributed by atoms with Gasteiger partial charge in [-0.1, -0.05) is 42.5 Å². The molecule has 1 saturated heterocycles. The lowest BCUT2D eigenvalue weighted by Crippen LogP contribution is -2.61. The van der Waals surface area contributed by atoms with Gasteiger partial charge >= 0.3 is 0 Å². The van der Waals surface area contributed by atoms with E-state index in [-0.39, 0.29) is 17.2 Å². The lowest BCUT2D eigenvalue weighted by atomic mass is 9.79. The van der Waals surface area contributed by atoms with Crippen molar-refractivity contribution in [1.29, 1.82) is 0 Å². The fraction of sp³-hybridized carbons (Fsp3) is 0.364. The number of carboxylic acid groups (broad SMARTS) is 1. The third-order valence-corrected chi connectivity index (χ3v) is 6.10. The van der Waals surface area contributed by atoms with Crippen LogP contribution in [0.25, 0.3) is 0 Å². The van der Waals surface area contributed by atoms with Gasteiger partial charge in [-0.2, -0.15) is 0 Å². The highest BCUT2D eigenvalue weighted by Gasteiger charge is 2.42. The quantitative estimate of drug-likeness (QED) is 0.538. The Morgan fingerprint density at radius 3 is 2.23 bits per heavy atom. The Bertz CT molecular complexity index is 988. The Morgan fingerprint density at radius 2 is 1.71 bits per heavy atom. The van der Waals surface area contributed by atoms with E-state index < -0.39 is 27.4 Å². The van der Waals surface area contributed by atoms with Crippen molar-refractivity contribution in [2.75, 3.05) is 19.3 Å². The number of nitrogens with one attached hydrogen (secondary N) is 2. The molecule has 1 amide bonds. The number of rotatable bonds is 5. The number of carbonyl (C=O) groups excluding carboxylic acids is 1. The van der Waals surface area contributed by atoms with E-state index in [0.29, 0.717) is 25.1 Å². The van der Waals surface area contributed by atoms with E-state index in [1.807, 2.05) is 30.3 Å². The molecule has 0 aliphatic carbocycles. The molecule has 1 heterocycles. The Balaban J connectivity index is 0.000000785. The van der Waals surface area contributed by atoms with Crippen molar-refractivity contribution in [3.05, 3.63) is 65.7 Å². The molecule has 31 heavy (non-hydrogen) atoms. The fourth-order valence-corrected chi connectivity index (χ4v) is 4.12. The summed E-state index contributed by atoms with van der Waals surface area (Å²) >= 11 is 0. The van der Waals surface area contributed by atoms with Gasteiger partial charge in [-0.05, 0) is 36.2 Å². The van der Waals surface area contributed by atoms with Crippen LogP contribution in [0.4, 0.5) is 0 Å². The lowest BCUT2D eigenvalue weighted by molar-refractivity contribution is -0.134. The second-order valence-corrected chi connectivity index (χ2v) is 9.48. The van der Waals surface area contributed by atoms with Crippen LogP contribution < -0.4 is 10.6 Å². The summed E-state index contributed by atoms with van der Waals surface area (Å²) in [5.74, 6) is -1.05. The number of carbonyl (C=O) groups is 2. The van der Waals surface area contributed by atoms with Gasteiger partial charge in [0.2, 0.25) is 5.91 Å². The molecule has 2 aromatic rings. The van der Waals surface area contributed by atoms with E-state index in [9.17, 15) is 18.3 Å². The Hall–Kier alpha value is -2.75. The Morgan fingerprint density at radius 1 is 1.13 bits per heavy atom. The molecule has 1 aliphatic heterocycles. The number of hydrogen-bond acceptors (Lipinski definition) is 6. The van der Waals surface area contributed by atoms with Gasteiger partial charge in [0.15, 0.2) is 9.84 Å². The number of aliphatic hydroxyl groups is 1. The average Bonchev–Trinajstić information content (AvgIpc) is 2.70. The first kappa shape index (κ1) is 24.5. The van der Waals surface area contributed by atoms with Crippen LogP contribution >= 0.6 is 0 Å². The molecule has 9 heteroatoms. The predicted octanol–water partition coefficient (Wildman–Crippen LogP) is 1.09. The molecule has 0 bridgehead atoms. The topological polar surface area (TPSA) is 133 Å². The highest BCUT2D eigenvalue weighted by molar-refractivity contribution is 7.90. The maximum atomic E-state index is 12.7. The van der Waals surface area contributed by atoms with Crippen LogP contribution in [0.1, 0.15) is 24.5 Å². The van der Waals surface area contributed by atoms with E-state index in [4.69, 9.17) is 9.90 Å². The summed E-state index contributed by atoms with van der Waals surface area (Å²) in [5.41, 5.74) is 0.752. The first-order valence-corrected chi connectivity index (χ1v) is 11.7. The van der Waals surface area contributed by atoms with E-state index in [1.165, 1.54) is 12.1 Å². The number of hydrogen-bond donors (Lipinski definition) is 4. The first-order valence-electron chi connectivity index (χ1n) is 9.78. The van der Waals surface area contributed by atoms with Crippen molar-refractivity contribution in [2.24, 2.45) is 0 Å². The molecular formula is C22H28N2O6S. The number of aliphatic hydroxyl groups excluding tert-OH is 1. The van der Waals surface area contributed by atoms with E-state index in [2.05, 4.69) is 10.6 Å². The zero-order chi connectivity index (χ0) is 23.1. The number of carboxylic acids is 1. The summed E-state index contributed by atoms with van der Waals surface area (Å²) in [6.45, 7) is 2.17. The van der Waals surface area contributed by atoms with Crippen LogP contribution in [0.15, 0.2) is 59.5 Å². The van der Waals surface area contributed by atoms with Crippen molar-refractivity contribution >= 4 is 21.7 Å². The van der Waals surface area contributed by atoms with Crippen LogP contribution in [0, 0.1) is 0 Å². The van der Waals surface area contributed by atoms with Gasteiger partial charge in [0, 0.05) is 19.7 Å². The van der Waals surface area contributed by atoms with Gasteiger partial charge in [-0.3, -0.25) is 9.59 Å². The Labute approximate surface area is 182 Å². The number of β-amino-alcohol motifs (C(OH)–C–C–N with tert-alkyl or cyclic N) is 1. The fourth-order valence-electron chi connectivity index (χ4n) is 3.49. The first-order chi connectivity index (χ1) is 14.5. The molecule has 2 aromatic carbocycles. The molecule has 2 atom stereocenters. The second kappa shape index (κ2) is 10.5. The maximum absolute atomic E-state index is 12.7. The van der Waals surface area contributed by atoms with Crippen LogP contribution in [-0.4, -0.2) is 56.0 Å². The lowest BCUT2D eigenvalue weighted by Gasteiger charge is -2.43. The number of sulfone groups is 1. The van der Waals surface area contributed by atoms with Gasteiger partial charge in [-0.15, -0.1) is 0 Å². The van der Waals surface area contributed by atoms with Gasteiger partial charge in [0.1, 0.15) is 0 Å².